The predicted molar refractivity (Wildman–Crippen MR) is 166 cm³/mol. The maximum absolute atomic E-state index is 14.8. The Morgan fingerprint density at radius 1 is 0.548 bits per heavy atom. The topological polar surface area (TPSA) is 0 Å². The summed E-state index contributed by atoms with van der Waals surface area (Å²) in [5.41, 5.74) is 3.83. The molecular weight excluding hydrogens is 556 g/mol. The van der Waals surface area contributed by atoms with Gasteiger partial charge in [-0.25, -0.2) is 17.6 Å². The maximum Gasteiger partial charge on any atom is 0.145 e. The van der Waals surface area contributed by atoms with Gasteiger partial charge in [0.25, 0.3) is 0 Å². The Hall–Kier alpha value is -2.33. The van der Waals surface area contributed by atoms with Crippen molar-refractivity contribution in [2.45, 2.75) is 110 Å². The van der Waals surface area contributed by atoms with E-state index in [0.717, 1.165) is 30.9 Å². The minimum Gasteiger partial charge on any atom is -0.207 e. The molecule has 228 valence electrons. The summed E-state index contributed by atoms with van der Waals surface area (Å²) in [5.74, 6) is -1.57. The molecule has 3 aromatic rings. The third-order valence-corrected chi connectivity index (χ3v) is 9.51. The first-order chi connectivity index (χ1) is 20.3. The van der Waals surface area contributed by atoms with Crippen LogP contribution in [0.1, 0.15) is 105 Å². The summed E-state index contributed by atoms with van der Waals surface area (Å²) in [6.07, 6.45) is 16.7. The monoisotopic (exact) mass is 600 g/mol. The second-order valence-electron chi connectivity index (χ2n) is 12.4. The Morgan fingerprint density at radius 2 is 1.00 bits per heavy atom. The van der Waals surface area contributed by atoms with Crippen LogP contribution in [0.3, 0.4) is 0 Å². The van der Waals surface area contributed by atoms with E-state index in [2.05, 4.69) is 31.2 Å². The molecule has 0 radical (unpaired) electrons. The lowest BCUT2D eigenvalue weighted by Gasteiger charge is -2.28. The van der Waals surface area contributed by atoms with E-state index in [1.807, 2.05) is 0 Å². The zero-order valence-electron chi connectivity index (χ0n) is 25.0. The number of aryl methyl sites for hydroxylation is 4. The maximum atomic E-state index is 14.8. The third-order valence-electron chi connectivity index (χ3n) is 9.15. The van der Waals surface area contributed by atoms with Crippen LogP contribution in [0.15, 0.2) is 48.5 Å². The largest absolute Gasteiger partial charge is 0.207 e. The van der Waals surface area contributed by atoms with Gasteiger partial charge in [-0.2, -0.15) is 0 Å². The Labute approximate surface area is 254 Å². The highest BCUT2D eigenvalue weighted by molar-refractivity contribution is 6.30. The van der Waals surface area contributed by atoms with Gasteiger partial charge in [0, 0.05) is 5.56 Å². The van der Waals surface area contributed by atoms with Crippen LogP contribution in [-0.4, -0.2) is 0 Å². The van der Waals surface area contributed by atoms with Crippen molar-refractivity contribution in [1.29, 1.82) is 0 Å². The molecule has 0 amide bonds. The van der Waals surface area contributed by atoms with Crippen molar-refractivity contribution in [3.05, 3.63) is 105 Å². The second kappa shape index (κ2) is 16.5. The first kappa shape index (κ1) is 32.6. The average Bonchev–Trinajstić information content (AvgIpc) is 2.98. The normalized spacial score (nSPS) is 17.1. The van der Waals surface area contributed by atoms with Crippen LogP contribution in [0.2, 0.25) is 5.02 Å². The molecule has 1 aliphatic rings. The van der Waals surface area contributed by atoms with Crippen molar-refractivity contribution in [3.8, 4) is 0 Å². The van der Waals surface area contributed by atoms with E-state index in [-0.39, 0.29) is 18.4 Å². The van der Waals surface area contributed by atoms with Gasteiger partial charge in [-0.3, -0.25) is 0 Å². The smallest absolute Gasteiger partial charge is 0.145 e. The van der Waals surface area contributed by atoms with Crippen molar-refractivity contribution in [2.24, 2.45) is 11.8 Å². The Bertz CT molecular complexity index is 1220. The molecule has 0 saturated heterocycles. The van der Waals surface area contributed by atoms with Crippen LogP contribution in [0.25, 0.3) is 0 Å². The van der Waals surface area contributed by atoms with Crippen molar-refractivity contribution >= 4 is 11.6 Å². The predicted octanol–water partition coefficient (Wildman–Crippen LogP) is 11.6. The molecule has 0 aromatic heterocycles. The van der Waals surface area contributed by atoms with E-state index in [9.17, 15) is 17.6 Å². The number of hydrogen-bond acceptors (Lipinski definition) is 0. The first-order valence-corrected chi connectivity index (χ1v) is 16.4. The quantitative estimate of drug-likeness (QED) is 0.0924. The standard InChI is InChI=1S/C37H45ClF4/c1-2-3-4-5-6-7-26-8-10-27(11-9-26)12-13-28-14-16-29(17-15-28)18-19-30-22-33(39)32(34(40)23-30)21-20-31-24-35(41)37(38)36(42)25-31/h8-11,22-25,28-29H,2-7,12-21H2,1H3. The van der Waals surface area contributed by atoms with Gasteiger partial charge in [0.05, 0.1) is 0 Å². The SMILES string of the molecule is CCCCCCCc1ccc(CCC2CCC(CCc3cc(F)c(CCc4cc(F)c(Cl)c(F)c4)c(F)c3)CC2)cc1. The summed E-state index contributed by atoms with van der Waals surface area (Å²) in [6, 6.07) is 14.3. The van der Waals surface area contributed by atoms with E-state index in [0.29, 0.717) is 23.5 Å². The molecule has 0 spiro atoms. The highest BCUT2D eigenvalue weighted by atomic mass is 35.5. The highest BCUT2D eigenvalue weighted by Gasteiger charge is 2.21. The van der Waals surface area contributed by atoms with Crippen LogP contribution in [0.5, 0.6) is 0 Å². The minimum absolute atomic E-state index is 0.0196. The molecule has 1 saturated carbocycles. The van der Waals surface area contributed by atoms with Gasteiger partial charge in [-0.15, -0.1) is 0 Å². The van der Waals surface area contributed by atoms with Gasteiger partial charge >= 0.3 is 0 Å². The van der Waals surface area contributed by atoms with Gasteiger partial charge in [0.2, 0.25) is 0 Å². The number of halogens is 5. The molecule has 0 nitrogen and oxygen atoms in total. The molecule has 1 fully saturated rings. The van der Waals surface area contributed by atoms with Crippen molar-refractivity contribution in [1.82, 2.24) is 0 Å². The van der Waals surface area contributed by atoms with Crippen molar-refractivity contribution < 1.29 is 17.6 Å². The lowest BCUT2D eigenvalue weighted by atomic mass is 9.77. The van der Waals surface area contributed by atoms with Crippen LogP contribution in [0, 0.1) is 35.1 Å². The number of benzene rings is 3. The van der Waals surface area contributed by atoms with Crippen molar-refractivity contribution in [3.63, 3.8) is 0 Å². The Morgan fingerprint density at radius 3 is 1.55 bits per heavy atom. The molecule has 5 heteroatoms. The van der Waals surface area contributed by atoms with E-state index >= 15 is 0 Å². The summed E-state index contributed by atoms with van der Waals surface area (Å²) in [7, 11) is 0. The number of hydrogen-bond donors (Lipinski definition) is 0. The van der Waals surface area contributed by atoms with E-state index in [4.69, 9.17) is 11.6 Å². The molecule has 42 heavy (non-hydrogen) atoms. The van der Waals surface area contributed by atoms with Gasteiger partial charge in [0.1, 0.15) is 28.3 Å². The van der Waals surface area contributed by atoms with Gasteiger partial charge < -0.3 is 0 Å². The Balaban J connectivity index is 1.16. The van der Waals surface area contributed by atoms with Gasteiger partial charge in [0.15, 0.2) is 0 Å². The summed E-state index contributed by atoms with van der Waals surface area (Å²) in [4.78, 5) is 0. The lowest BCUT2D eigenvalue weighted by Crippen LogP contribution is -2.16. The lowest BCUT2D eigenvalue weighted by molar-refractivity contribution is 0.253. The Kier molecular flexibility index (Phi) is 12.8. The average molecular weight is 601 g/mol. The number of unbranched alkanes of at least 4 members (excludes halogenated alkanes) is 4. The molecule has 0 bridgehead atoms. The van der Waals surface area contributed by atoms with Gasteiger partial charge in [-0.1, -0.05) is 94.2 Å². The van der Waals surface area contributed by atoms with E-state index in [1.165, 1.54) is 93.9 Å². The van der Waals surface area contributed by atoms with E-state index < -0.39 is 28.3 Å². The molecule has 0 heterocycles. The van der Waals surface area contributed by atoms with Crippen LogP contribution < -0.4 is 0 Å². The molecule has 0 aliphatic heterocycles. The third kappa shape index (κ3) is 9.86. The first-order valence-electron chi connectivity index (χ1n) is 16.0. The highest BCUT2D eigenvalue weighted by Crippen LogP contribution is 2.34. The fourth-order valence-corrected chi connectivity index (χ4v) is 6.53. The summed E-state index contributed by atoms with van der Waals surface area (Å²) in [5, 5.41) is -0.571. The molecule has 4 rings (SSSR count). The zero-order valence-corrected chi connectivity index (χ0v) is 25.7. The molecule has 0 atom stereocenters. The fraction of sp³-hybridized carbons (Fsp3) is 0.514. The molecular formula is C37H45ClF4. The van der Waals surface area contributed by atoms with Crippen molar-refractivity contribution in [2.75, 3.05) is 0 Å². The molecule has 0 N–H and O–H groups in total. The van der Waals surface area contributed by atoms with Crippen LogP contribution in [0.4, 0.5) is 17.6 Å². The molecule has 1 aliphatic carbocycles. The van der Waals surface area contributed by atoms with Gasteiger partial charge in [-0.05, 0) is 110 Å². The van der Waals surface area contributed by atoms with Crippen LogP contribution >= 0.6 is 11.6 Å². The molecule has 0 unspecified atom stereocenters. The second-order valence-corrected chi connectivity index (χ2v) is 12.7. The van der Waals surface area contributed by atoms with E-state index in [1.54, 1.807) is 0 Å². The summed E-state index contributed by atoms with van der Waals surface area (Å²) in [6.45, 7) is 2.25. The van der Waals surface area contributed by atoms with Crippen LogP contribution in [-0.2, 0) is 32.1 Å². The summed E-state index contributed by atoms with van der Waals surface area (Å²) >= 11 is 5.52. The zero-order chi connectivity index (χ0) is 29.9. The fourth-order valence-electron chi connectivity index (χ4n) is 6.42. The minimum atomic E-state index is -0.870. The molecule has 3 aromatic carbocycles. The summed E-state index contributed by atoms with van der Waals surface area (Å²) < 4.78 is 57.0. The number of rotatable bonds is 15.